The average molecular weight is 544 g/mol. The molecule has 0 saturated carbocycles. The number of hydrogen-bond acceptors (Lipinski definition) is 4. The van der Waals surface area contributed by atoms with Crippen molar-refractivity contribution in [1.29, 1.82) is 0 Å². The van der Waals surface area contributed by atoms with Crippen LogP contribution in [0.15, 0.2) is 29.3 Å². The molecule has 7 nitrogen and oxygen atoms in total. The van der Waals surface area contributed by atoms with Crippen LogP contribution in [0.25, 0.3) is 0 Å². The second-order valence-electron chi connectivity index (χ2n) is 7.90. The van der Waals surface area contributed by atoms with Gasteiger partial charge in [-0.2, -0.15) is 0 Å². The molecule has 31 heavy (non-hydrogen) atoms. The molecule has 8 heteroatoms. The number of para-hydroxylation sites is 1. The molecule has 2 heterocycles. The highest BCUT2D eigenvalue weighted by molar-refractivity contribution is 14.0. The van der Waals surface area contributed by atoms with Gasteiger partial charge in [-0.15, -0.1) is 24.0 Å². The van der Waals surface area contributed by atoms with Gasteiger partial charge in [0, 0.05) is 51.6 Å². The molecule has 1 N–H and O–H groups in total. The number of hydrogen-bond donors (Lipinski definition) is 1. The summed E-state index contributed by atoms with van der Waals surface area (Å²) in [5, 5.41) is 3.40. The lowest BCUT2D eigenvalue weighted by molar-refractivity contribution is -0.140. The highest BCUT2D eigenvalue weighted by atomic mass is 127. The Morgan fingerprint density at radius 1 is 1.16 bits per heavy atom. The number of aryl methyl sites for hydroxylation is 1. The van der Waals surface area contributed by atoms with E-state index in [-0.39, 0.29) is 29.9 Å². The van der Waals surface area contributed by atoms with E-state index < -0.39 is 0 Å². The maximum Gasteiger partial charge on any atom is 0.225 e. The minimum absolute atomic E-state index is 0. The van der Waals surface area contributed by atoms with Gasteiger partial charge in [0.25, 0.3) is 0 Å². The third kappa shape index (κ3) is 7.82. The molecule has 0 unspecified atom stereocenters. The van der Waals surface area contributed by atoms with Crippen LogP contribution >= 0.6 is 24.0 Å². The van der Waals surface area contributed by atoms with Crippen molar-refractivity contribution in [1.82, 2.24) is 15.1 Å². The third-order valence-electron chi connectivity index (χ3n) is 5.72. The molecule has 3 rings (SSSR count). The van der Waals surface area contributed by atoms with Crippen molar-refractivity contribution >= 4 is 35.8 Å². The monoisotopic (exact) mass is 544 g/mol. The predicted octanol–water partition coefficient (Wildman–Crippen LogP) is 2.92. The van der Waals surface area contributed by atoms with Gasteiger partial charge in [-0.25, -0.2) is 0 Å². The Labute approximate surface area is 203 Å². The van der Waals surface area contributed by atoms with E-state index in [0.717, 1.165) is 75.8 Å². The topological polar surface area (TPSA) is 66.4 Å². The molecule has 0 radical (unpaired) electrons. The Kier molecular flexibility index (Phi) is 11.4. The summed E-state index contributed by atoms with van der Waals surface area (Å²) >= 11 is 0. The summed E-state index contributed by atoms with van der Waals surface area (Å²) in [6.07, 6.45) is 2.64. The molecule has 0 aliphatic carbocycles. The Morgan fingerprint density at radius 3 is 2.55 bits per heavy atom. The standard InChI is InChI=1S/C23H36N4O3.HI/c1-3-24-23(25-11-6-16-30-21-8-5-4-7-19(21)2)27-12-9-20(10-13-27)22(28)26-14-17-29-18-15-26;/h4-5,7-8,20H,3,6,9-18H2,1-2H3,(H,24,25);1H. The van der Waals surface area contributed by atoms with E-state index >= 15 is 0 Å². The molecular weight excluding hydrogens is 507 g/mol. The lowest BCUT2D eigenvalue weighted by Crippen LogP contribution is -2.50. The largest absolute Gasteiger partial charge is 0.493 e. The van der Waals surface area contributed by atoms with E-state index in [4.69, 9.17) is 14.5 Å². The number of ether oxygens (including phenoxy) is 2. The fourth-order valence-electron chi connectivity index (χ4n) is 3.96. The second kappa shape index (κ2) is 13.8. The molecule has 0 aromatic heterocycles. The fourth-order valence-corrected chi connectivity index (χ4v) is 3.96. The number of benzene rings is 1. The van der Waals surface area contributed by atoms with E-state index in [0.29, 0.717) is 25.7 Å². The van der Waals surface area contributed by atoms with Crippen LogP contribution in [0.1, 0.15) is 31.7 Å². The molecule has 0 bridgehead atoms. The van der Waals surface area contributed by atoms with Gasteiger partial charge < -0.3 is 24.6 Å². The van der Waals surface area contributed by atoms with Crippen molar-refractivity contribution in [2.45, 2.75) is 33.1 Å². The molecule has 2 aliphatic heterocycles. The van der Waals surface area contributed by atoms with Gasteiger partial charge in [-0.1, -0.05) is 18.2 Å². The lowest BCUT2D eigenvalue weighted by atomic mass is 9.95. The zero-order chi connectivity index (χ0) is 21.2. The lowest BCUT2D eigenvalue weighted by Gasteiger charge is -2.36. The Hall–Kier alpha value is -1.55. The van der Waals surface area contributed by atoms with Crippen molar-refractivity contribution in [3.63, 3.8) is 0 Å². The first-order chi connectivity index (χ1) is 14.7. The van der Waals surface area contributed by atoms with E-state index in [1.54, 1.807) is 0 Å². The summed E-state index contributed by atoms with van der Waals surface area (Å²) in [6.45, 7) is 10.9. The molecule has 1 aromatic rings. The molecule has 0 spiro atoms. The van der Waals surface area contributed by atoms with Gasteiger partial charge in [0.1, 0.15) is 5.75 Å². The number of amides is 1. The van der Waals surface area contributed by atoms with Crippen LogP contribution in [0.3, 0.4) is 0 Å². The summed E-state index contributed by atoms with van der Waals surface area (Å²) in [5.41, 5.74) is 1.16. The molecule has 2 aliphatic rings. The predicted molar refractivity (Wildman–Crippen MR) is 134 cm³/mol. The highest BCUT2D eigenvalue weighted by Gasteiger charge is 2.30. The summed E-state index contributed by atoms with van der Waals surface area (Å²) in [6, 6.07) is 8.08. The molecule has 2 fully saturated rings. The van der Waals surface area contributed by atoms with Crippen LogP contribution < -0.4 is 10.1 Å². The average Bonchev–Trinajstić information content (AvgIpc) is 2.79. The number of carbonyl (C=O) groups is 1. The molecular formula is C23H37IN4O3. The quantitative estimate of drug-likeness (QED) is 0.248. The number of carbonyl (C=O) groups excluding carboxylic acids is 1. The number of nitrogens with one attached hydrogen (secondary N) is 1. The number of likely N-dealkylation sites (tertiary alicyclic amines) is 1. The molecule has 1 amide bonds. The number of morpholine rings is 1. The first-order valence-corrected chi connectivity index (χ1v) is 11.3. The van der Waals surface area contributed by atoms with E-state index in [1.807, 2.05) is 23.1 Å². The number of nitrogens with zero attached hydrogens (tertiary/aromatic N) is 3. The zero-order valence-corrected chi connectivity index (χ0v) is 21.2. The zero-order valence-electron chi connectivity index (χ0n) is 18.8. The maximum atomic E-state index is 12.7. The summed E-state index contributed by atoms with van der Waals surface area (Å²) in [7, 11) is 0. The smallest absolute Gasteiger partial charge is 0.225 e. The van der Waals surface area contributed by atoms with Crippen LogP contribution in [-0.4, -0.2) is 80.8 Å². The maximum absolute atomic E-state index is 12.7. The van der Waals surface area contributed by atoms with Crippen LogP contribution in [0.2, 0.25) is 0 Å². The first kappa shape index (κ1) is 25.7. The first-order valence-electron chi connectivity index (χ1n) is 11.3. The van der Waals surface area contributed by atoms with Gasteiger partial charge >= 0.3 is 0 Å². The number of guanidine groups is 1. The molecule has 2 saturated heterocycles. The van der Waals surface area contributed by atoms with Crippen LogP contribution in [-0.2, 0) is 9.53 Å². The Morgan fingerprint density at radius 2 is 1.87 bits per heavy atom. The number of halogens is 1. The molecule has 0 atom stereocenters. The molecule has 1 aromatic carbocycles. The Balaban J connectivity index is 0.00000341. The minimum Gasteiger partial charge on any atom is -0.493 e. The van der Waals surface area contributed by atoms with Crippen LogP contribution in [0.4, 0.5) is 0 Å². The minimum atomic E-state index is 0. The van der Waals surface area contributed by atoms with Gasteiger partial charge in [0.2, 0.25) is 5.91 Å². The fraction of sp³-hybridized carbons (Fsp3) is 0.652. The summed E-state index contributed by atoms with van der Waals surface area (Å²) in [4.78, 5) is 21.8. The normalized spacial score (nSPS) is 17.8. The van der Waals surface area contributed by atoms with Crippen LogP contribution in [0.5, 0.6) is 5.75 Å². The third-order valence-corrected chi connectivity index (χ3v) is 5.72. The van der Waals surface area contributed by atoms with Gasteiger partial charge in [-0.3, -0.25) is 9.79 Å². The number of rotatable bonds is 7. The van der Waals surface area contributed by atoms with Crippen molar-refractivity contribution in [3.8, 4) is 5.75 Å². The highest BCUT2D eigenvalue weighted by Crippen LogP contribution is 2.20. The number of aliphatic imine (C=N–C) groups is 1. The van der Waals surface area contributed by atoms with E-state index in [2.05, 4.69) is 30.1 Å². The van der Waals surface area contributed by atoms with E-state index in [1.165, 1.54) is 0 Å². The second-order valence-corrected chi connectivity index (χ2v) is 7.90. The summed E-state index contributed by atoms with van der Waals surface area (Å²) in [5.74, 6) is 2.32. The van der Waals surface area contributed by atoms with Gasteiger partial charge in [0.15, 0.2) is 5.96 Å². The van der Waals surface area contributed by atoms with Crippen molar-refractivity contribution < 1.29 is 14.3 Å². The van der Waals surface area contributed by atoms with Crippen molar-refractivity contribution in [2.24, 2.45) is 10.9 Å². The molecule has 174 valence electrons. The SMILES string of the molecule is CCNC(=NCCCOc1ccccc1C)N1CCC(C(=O)N2CCOCC2)CC1.I. The van der Waals surface area contributed by atoms with Crippen molar-refractivity contribution in [3.05, 3.63) is 29.8 Å². The summed E-state index contributed by atoms with van der Waals surface area (Å²) < 4.78 is 11.2. The van der Waals surface area contributed by atoms with Gasteiger partial charge in [0.05, 0.1) is 19.8 Å². The number of piperidine rings is 1. The van der Waals surface area contributed by atoms with E-state index in [9.17, 15) is 4.79 Å². The van der Waals surface area contributed by atoms with Gasteiger partial charge in [-0.05, 0) is 38.3 Å². The van der Waals surface area contributed by atoms with Crippen LogP contribution in [0, 0.1) is 12.8 Å². The van der Waals surface area contributed by atoms with Crippen molar-refractivity contribution in [2.75, 3.05) is 59.1 Å². The Bertz CT molecular complexity index is 702.